The third-order valence-electron chi connectivity index (χ3n) is 2.49. The Kier molecular flexibility index (Phi) is 2.49. The largest absolute Gasteiger partial charge is 0.465 e. The van der Waals surface area contributed by atoms with E-state index in [1.54, 1.807) is 19.2 Å². The number of rotatable bonds is 2. The third kappa shape index (κ3) is 1.63. The SMILES string of the molecule is CCOC(=O)C1Cc2ccncc2C1=O. The molecule has 0 saturated carbocycles. The molecule has 1 aromatic rings. The molecule has 0 fully saturated rings. The molecule has 0 spiro atoms. The molecular formula is C11H11NO3. The summed E-state index contributed by atoms with van der Waals surface area (Å²) in [5.41, 5.74) is 1.43. The first-order valence-electron chi connectivity index (χ1n) is 4.87. The zero-order valence-electron chi connectivity index (χ0n) is 8.40. The van der Waals surface area contributed by atoms with Crippen molar-refractivity contribution in [2.75, 3.05) is 6.61 Å². The first kappa shape index (κ1) is 9.83. The maximum atomic E-state index is 11.8. The Hall–Kier alpha value is -1.71. The molecule has 15 heavy (non-hydrogen) atoms. The summed E-state index contributed by atoms with van der Waals surface area (Å²) in [5.74, 6) is -1.26. The minimum Gasteiger partial charge on any atom is -0.465 e. The van der Waals surface area contributed by atoms with Gasteiger partial charge in [0.15, 0.2) is 5.78 Å². The fourth-order valence-electron chi connectivity index (χ4n) is 1.76. The van der Waals surface area contributed by atoms with Crippen LogP contribution in [0, 0.1) is 5.92 Å². The molecule has 0 bridgehead atoms. The van der Waals surface area contributed by atoms with E-state index >= 15 is 0 Å². The lowest BCUT2D eigenvalue weighted by molar-refractivity contribution is -0.145. The van der Waals surface area contributed by atoms with Crippen molar-refractivity contribution in [1.29, 1.82) is 0 Å². The predicted molar refractivity (Wildman–Crippen MR) is 52.4 cm³/mol. The van der Waals surface area contributed by atoms with Crippen LogP contribution in [0.15, 0.2) is 18.5 Å². The van der Waals surface area contributed by atoms with Gasteiger partial charge in [0, 0.05) is 18.0 Å². The van der Waals surface area contributed by atoms with E-state index < -0.39 is 11.9 Å². The van der Waals surface area contributed by atoms with Crippen molar-refractivity contribution < 1.29 is 14.3 Å². The molecule has 1 heterocycles. The van der Waals surface area contributed by atoms with Gasteiger partial charge in [-0.15, -0.1) is 0 Å². The average molecular weight is 205 g/mol. The number of aromatic nitrogens is 1. The zero-order valence-corrected chi connectivity index (χ0v) is 8.40. The van der Waals surface area contributed by atoms with Gasteiger partial charge < -0.3 is 4.74 Å². The molecule has 1 aliphatic carbocycles. The molecular weight excluding hydrogens is 194 g/mol. The molecule has 0 aliphatic heterocycles. The minimum atomic E-state index is -0.663. The lowest BCUT2D eigenvalue weighted by Crippen LogP contribution is -2.23. The van der Waals surface area contributed by atoms with E-state index in [9.17, 15) is 9.59 Å². The lowest BCUT2D eigenvalue weighted by Gasteiger charge is -2.05. The average Bonchev–Trinajstić information content (AvgIpc) is 2.57. The molecule has 0 amide bonds. The number of ketones is 1. The number of hydrogen-bond acceptors (Lipinski definition) is 4. The van der Waals surface area contributed by atoms with Gasteiger partial charge >= 0.3 is 5.97 Å². The third-order valence-corrected chi connectivity index (χ3v) is 2.49. The normalized spacial score (nSPS) is 18.7. The first-order valence-corrected chi connectivity index (χ1v) is 4.87. The van der Waals surface area contributed by atoms with Crippen LogP contribution in [-0.4, -0.2) is 23.3 Å². The van der Waals surface area contributed by atoms with Crippen LogP contribution in [0.25, 0.3) is 0 Å². The molecule has 4 heteroatoms. The molecule has 0 N–H and O–H groups in total. The van der Waals surface area contributed by atoms with Gasteiger partial charge in [0.25, 0.3) is 0 Å². The van der Waals surface area contributed by atoms with Crippen molar-refractivity contribution in [1.82, 2.24) is 4.98 Å². The number of hydrogen-bond donors (Lipinski definition) is 0. The molecule has 0 aromatic carbocycles. The number of nitrogens with zero attached hydrogens (tertiary/aromatic N) is 1. The van der Waals surface area contributed by atoms with Crippen molar-refractivity contribution in [2.24, 2.45) is 5.92 Å². The number of fused-ring (bicyclic) bond motifs is 1. The van der Waals surface area contributed by atoms with Crippen LogP contribution >= 0.6 is 0 Å². The van der Waals surface area contributed by atoms with Crippen LogP contribution in [-0.2, 0) is 16.0 Å². The highest BCUT2D eigenvalue weighted by molar-refractivity contribution is 6.12. The summed E-state index contributed by atoms with van der Waals surface area (Å²) in [4.78, 5) is 27.1. The van der Waals surface area contributed by atoms with Crippen LogP contribution in [0.3, 0.4) is 0 Å². The van der Waals surface area contributed by atoms with Gasteiger partial charge in [0.2, 0.25) is 0 Å². The number of pyridine rings is 1. The van der Waals surface area contributed by atoms with Gasteiger partial charge in [-0.2, -0.15) is 0 Å². The summed E-state index contributed by atoms with van der Waals surface area (Å²) in [6, 6.07) is 1.77. The summed E-state index contributed by atoms with van der Waals surface area (Å²) in [6.07, 6.45) is 3.58. The second-order valence-electron chi connectivity index (χ2n) is 3.41. The number of Topliss-reactive ketones (excluding diaryl/α,β-unsaturated/α-hetero) is 1. The fraction of sp³-hybridized carbons (Fsp3) is 0.364. The molecule has 1 unspecified atom stereocenters. The standard InChI is InChI=1S/C11H11NO3/c1-2-15-11(14)8-5-7-3-4-12-6-9(7)10(8)13/h3-4,6,8H,2,5H2,1H3. The van der Waals surface area contributed by atoms with Gasteiger partial charge in [-0.25, -0.2) is 0 Å². The monoisotopic (exact) mass is 205 g/mol. The zero-order chi connectivity index (χ0) is 10.8. The van der Waals surface area contributed by atoms with E-state index in [-0.39, 0.29) is 5.78 Å². The minimum absolute atomic E-state index is 0.170. The molecule has 1 aliphatic rings. The number of esters is 1. The smallest absolute Gasteiger partial charge is 0.317 e. The molecule has 1 atom stereocenters. The van der Waals surface area contributed by atoms with E-state index in [0.29, 0.717) is 18.6 Å². The summed E-state index contributed by atoms with van der Waals surface area (Å²) in [7, 11) is 0. The number of carbonyl (C=O) groups excluding carboxylic acids is 2. The summed E-state index contributed by atoms with van der Waals surface area (Å²) < 4.78 is 4.85. The highest BCUT2D eigenvalue weighted by Gasteiger charge is 2.36. The molecule has 1 aromatic heterocycles. The Labute approximate surface area is 87.3 Å². The maximum Gasteiger partial charge on any atom is 0.317 e. The Morgan fingerprint density at radius 1 is 1.67 bits per heavy atom. The summed E-state index contributed by atoms with van der Waals surface area (Å²) >= 11 is 0. The van der Waals surface area contributed by atoms with Gasteiger partial charge in [-0.3, -0.25) is 14.6 Å². The number of ether oxygens (including phenoxy) is 1. The van der Waals surface area contributed by atoms with Gasteiger partial charge in [-0.1, -0.05) is 0 Å². The van der Waals surface area contributed by atoms with Crippen LogP contribution in [0.5, 0.6) is 0 Å². The van der Waals surface area contributed by atoms with Crippen molar-refractivity contribution in [3.05, 3.63) is 29.6 Å². The highest BCUT2D eigenvalue weighted by Crippen LogP contribution is 2.26. The van der Waals surface area contributed by atoms with E-state index in [2.05, 4.69) is 4.98 Å². The second kappa shape index (κ2) is 3.81. The molecule has 0 saturated heterocycles. The van der Waals surface area contributed by atoms with E-state index in [1.165, 1.54) is 6.20 Å². The van der Waals surface area contributed by atoms with Crippen LogP contribution in [0.4, 0.5) is 0 Å². The molecule has 78 valence electrons. The van der Waals surface area contributed by atoms with Crippen molar-refractivity contribution in [2.45, 2.75) is 13.3 Å². The highest BCUT2D eigenvalue weighted by atomic mass is 16.5. The summed E-state index contributed by atoms with van der Waals surface area (Å²) in [5, 5.41) is 0. The molecule has 2 rings (SSSR count). The quantitative estimate of drug-likeness (QED) is 0.534. The molecule has 0 radical (unpaired) electrons. The molecule has 4 nitrogen and oxygen atoms in total. The topological polar surface area (TPSA) is 56.3 Å². The number of carbonyl (C=O) groups is 2. The fourth-order valence-corrected chi connectivity index (χ4v) is 1.76. The van der Waals surface area contributed by atoms with Gasteiger partial charge in [0.1, 0.15) is 5.92 Å². The Morgan fingerprint density at radius 3 is 3.13 bits per heavy atom. The van der Waals surface area contributed by atoms with Gasteiger partial charge in [-0.05, 0) is 25.0 Å². The maximum absolute atomic E-state index is 11.8. The van der Waals surface area contributed by atoms with Gasteiger partial charge in [0.05, 0.1) is 6.61 Å². The van der Waals surface area contributed by atoms with Crippen LogP contribution < -0.4 is 0 Å². The van der Waals surface area contributed by atoms with E-state index in [4.69, 9.17) is 4.74 Å². The Morgan fingerprint density at radius 2 is 2.47 bits per heavy atom. The van der Waals surface area contributed by atoms with Crippen molar-refractivity contribution >= 4 is 11.8 Å². The first-order chi connectivity index (χ1) is 7.24. The Balaban J connectivity index is 2.24. The Bertz CT molecular complexity index is 414. The lowest BCUT2D eigenvalue weighted by atomic mass is 10.1. The second-order valence-corrected chi connectivity index (χ2v) is 3.41. The van der Waals surface area contributed by atoms with Crippen LogP contribution in [0.2, 0.25) is 0 Å². The van der Waals surface area contributed by atoms with Crippen LogP contribution in [0.1, 0.15) is 22.8 Å². The predicted octanol–water partition coefficient (Wildman–Crippen LogP) is 1.000. The van der Waals surface area contributed by atoms with E-state index in [0.717, 1.165) is 5.56 Å². The summed E-state index contributed by atoms with van der Waals surface area (Å²) in [6.45, 7) is 2.03. The van der Waals surface area contributed by atoms with Crippen molar-refractivity contribution in [3.8, 4) is 0 Å². The van der Waals surface area contributed by atoms with Crippen molar-refractivity contribution in [3.63, 3.8) is 0 Å². The van der Waals surface area contributed by atoms with E-state index in [1.807, 2.05) is 0 Å².